The first-order chi connectivity index (χ1) is 8.49. The van der Waals surface area contributed by atoms with E-state index in [1.54, 1.807) is 24.3 Å². The van der Waals surface area contributed by atoms with Crippen LogP contribution in [0.25, 0.3) is 5.69 Å². The number of aromatic nitrogens is 2. The van der Waals surface area contributed by atoms with Crippen LogP contribution < -0.4 is 5.73 Å². The Balaban J connectivity index is 2.37. The normalized spacial score (nSPS) is 10.9. The van der Waals surface area contributed by atoms with Crippen molar-refractivity contribution in [3.05, 3.63) is 41.7 Å². The zero-order valence-electron chi connectivity index (χ0n) is 9.60. The number of nitrogen functional groups attached to an aromatic ring is 1. The van der Waals surface area contributed by atoms with Crippen molar-refractivity contribution in [1.29, 1.82) is 0 Å². The Bertz CT molecular complexity index is 576. The van der Waals surface area contributed by atoms with Crippen molar-refractivity contribution in [2.24, 2.45) is 0 Å². The summed E-state index contributed by atoms with van der Waals surface area (Å²) >= 11 is 0. The van der Waals surface area contributed by atoms with Crippen LogP contribution in [0, 0.1) is 0 Å². The van der Waals surface area contributed by atoms with E-state index in [9.17, 15) is 13.6 Å². The molecule has 1 aromatic heterocycles. The minimum atomic E-state index is -2.71. The predicted molar refractivity (Wildman–Crippen MR) is 62.9 cm³/mol. The molecule has 4 nitrogen and oxygen atoms in total. The van der Waals surface area contributed by atoms with Crippen LogP contribution in [0.2, 0.25) is 0 Å². The first kappa shape index (κ1) is 12.2. The second kappa shape index (κ2) is 4.56. The number of ketones is 1. The quantitative estimate of drug-likeness (QED) is 0.853. The number of alkyl halides is 2. The maximum Gasteiger partial charge on any atom is 0.284 e. The fourth-order valence-electron chi connectivity index (χ4n) is 1.55. The van der Waals surface area contributed by atoms with Gasteiger partial charge in [-0.25, -0.2) is 13.5 Å². The molecule has 94 valence electrons. The van der Waals surface area contributed by atoms with Crippen LogP contribution in [0.4, 0.5) is 14.5 Å². The summed E-state index contributed by atoms with van der Waals surface area (Å²) < 4.78 is 26.3. The molecular weight excluding hydrogens is 240 g/mol. The molecule has 0 saturated carbocycles. The number of Topliss-reactive ketones (excluding diaryl/α,β-unsaturated/α-hetero) is 1. The Hall–Kier alpha value is -2.24. The minimum Gasteiger partial charge on any atom is -0.396 e. The highest BCUT2D eigenvalue weighted by Crippen LogP contribution is 2.24. The van der Waals surface area contributed by atoms with Crippen LogP contribution in [0.15, 0.2) is 30.5 Å². The SMILES string of the molecule is CC(=O)c1ccc(-n2cc(N)c(C(F)F)n2)cc1. The van der Waals surface area contributed by atoms with Gasteiger partial charge in [-0.05, 0) is 31.2 Å². The summed E-state index contributed by atoms with van der Waals surface area (Å²) in [4.78, 5) is 11.1. The standard InChI is InChI=1S/C12H11F2N3O/c1-7(18)8-2-4-9(5-3-8)17-6-10(15)11(16-17)12(13)14/h2-6,12H,15H2,1H3. The van der Waals surface area contributed by atoms with Crippen LogP contribution in [0.1, 0.15) is 29.4 Å². The Morgan fingerprint density at radius 3 is 2.39 bits per heavy atom. The van der Waals surface area contributed by atoms with E-state index < -0.39 is 12.1 Å². The molecular formula is C12H11F2N3O. The lowest BCUT2D eigenvalue weighted by Crippen LogP contribution is -1.98. The van der Waals surface area contributed by atoms with E-state index in [-0.39, 0.29) is 11.5 Å². The second-order valence-electron chi connectivity index (χ2n) is 3.82. The second-order valence-corrected chi connectivity index (χ2v) is 3.82. The molecule has 2 N–H and O–H groups in total. The molecule has 0 unspecified atom stereocenters. The summed E-state index contributed by atoms with van der Waals surface area (Å²) in [7, 11) is 0. The van der Waals surface area contributed by atoms with Crippen LogP contribution in [-0.4, -0.2) is 15.6 Å². The maximum atomic E-state index is 12.5. The molecule has 18 heavy (non-hydrogen) atoms. The van der Waals surface area contributed by atoms with Crippen LogP contribution in [0.3, 0.4) is 0 Å². The van der Waals surface area contributed by atoms with Crippen LogP contribution in [-0.2, 0) is 0 Å². The van der Waals surface area contributed by atoms with Gasteiger partial charge in [-0.2, -0.15) is 5.10 Å². The minimum absolute atomic E-state index is 0.0550. The summed E-state index contributed by atoms with van der Waals surface area (Å²) in [6, 6.07) is 6.46. The third-order valence-corrected chi connectivity index (χ3v) is 2.52. The van der Waals surface area contributed by atoms with Crippen molar-refractivity contribution in [2.45, 2.75) is 13.3 Å². The maximum absolute atomic E-state index is 12.5. The molecule has 0 spiro atoms. The average Bonchev–Trinajstić information content (AvgIpc) is 2.71. The Morgan fingerprint density at radius 2 is 1.94 bits per heavy atom. The molecule has 1 aromatic carbocycles. The van der Waals surface area contributed by atoms with E-state index in [2.05, 4.69) is 5.10 Å². The van der Waals surface area contributed by atoms with E-state index in [0.29, 0.717) is 11.3 Å². The number of rotatable bonds is 3. The molecule has 6 heteroatoms. The van der Waals surface area contributed by atoms with Gasteiger partial charge in [0.15, 0.2) is 11.5 Å². The molecule has 0 bridgehead atoms. The summed E-state index contributed by atoms with van der Waals surface area (Å²) in [5.74, 6) is -0.0604. The lowest BCUT2D eigenvalue weighted by molar-refractivity contribution is 0.101. The van der Waals surface area contributed by atoms with Crippen LogP contribution >= 0.6 is 0 Å². The first-order valence-electron chi connectivity index (χ1n) is 5.23. The molecule has 2 aromatic rings. The lowest BCUT2D eigenvalue weighted by atomic mass is 10.1. The molecule has 0 atom stereocenters. The summed E-state index contributed by atoms with van der Waals surface area (Å²) in [5, 5.41) is 3.71. The molecule has 0 aliphatic rings. The molecule has 0 aliphatic carbocycles. The molecule has 0 amide bonds. The van der Waals surface area contributed by atoms with Gasteiger partial charge in [-0.3, -0.25) is 4.79 Å². The highest BCUT2D eigenvalue weighted by molar-refractivity contribution is 5.94. The summed E-state index contributed by atoms with van der Waals surface area (Å²) in [6.07, 6.45) is -1.38. The van der Waals surface area contributed by atoms with E-state index >= 15 is 0 Å². The number of carbonyl (C=O) groups excluding carboxylic acids is 1. The van der Waals surface area contributed by atoms with Gasteiger partial charge in [0.2, 0.25) is 0 Å². The summed E-state index contributed by atoms with van der Waals surface area (Å²) in [6.45, 7) is 1.45. The molecule has 0 aliphatic heterocycles. The lowest BCUT2D eigenvalue weighted by Gasteiger charge is -2.02. The molecule has 1 heterocycles. The van der Waals surface area contributed by atoms with E-state index in [4.69, 9.17) is 5.73 Å². The Labute approximate surface area is 102 Å². The van der Waals surface area contributed by atoms with Gasteiger partial charge >= 0.3 is 0 Å². The average molecular weight is 251 g/mol. The summed E-state index contributed by atoms with van der Waals surface area (Å²) in [5.41, 5.74) is 6.06. The number of halogens is 2. The molecule has 0 radical (unpaired) electrons. The third-order valence-electron chi connectivity index (χ3n) is 2.52. The number of hydrogen-bond acceptors (Lipinski definition) is 3. The predicted octanol–water partition coefficient (Wildman–Crippen LogP) is 2.59. The van der Waals surface area contributed by atoms with Crippen molar-refractivity contribution in [3.63, 3.8) is 0 Å². The van der Waals surface area contributed by atoms with Crippen molar-refractivity contribution in [1.82, 2.24) is 9.78 Å². The Kier molecular flexibility index (Phi) is 3.10. The largest absolute Gasteiger partial charge is 0.396 e. The van der Waals surface area contributed by atoms with E-state index in [1.807, 2.05) is 0 Å². The Morgan fingerprint density at radius 1 is 1.33 bits per heavy atom. The van der Waals surface area contributed by atoms with Gasteiger partial charge in [0.1, 0.15) is 0 Å². The van der Waals surface area contributed by atoms with E-state index in [1.165, 1.54) is 17.8 Å². The van der Waals surface area contributed by atoms with Crippen molar-refractivity contribution >= 4 is 11.5 Å². The van der Waals surface area contributed by atoms with Gasteiger partial charge < -0.3 is 5.73 Å². The fourth-order valence-corrected chi connectivity index (χ4v) is 1.55. The number of benzene rings is 1. The highest BCUT2D eigenvalue weighted by Gasteiger charge is 2.16. The smallest absolute Gasteiger partial charge is 0.284 e. The highest BCUT2D eigenvalue weighted by atomic mass is 19.3. The van der Waals surface area contributed by atoms with Crippen molar-refractivity contribution in [2.75, 3.05) is 5.73 Å². The monoisotopic (exact) mass is 251 g/mol. The van der Waals surface area contributed by atoms with Crippen molar-refractivity contribution < 1.29 is 13.6 Å². The molecule has 0 fully saturated rings. The zero-order chi connectivity index (χ0) is 13.3. The third kappa shape index (κ3) is 2.22. The first-order valence-corrected chi connectivity index (χ1v) is 5.23. The van der Waals surface area contributed by atoms with Gasteiger partial charge in [0.05, 0.1) is 17.6 Å². The van der Waals surface area contributed by atoms with Crippen molar-refractivity contribution in [3.8, 4) is 5.69 Å². The number of anilines is 1. The zero-order valence-corrected chi connectivity index (χ0v) is 9.60. The van der Waals surface area contributed by atoms with Crippen LogP contribution in [0.5, 0.6) is 0 Å². The van der Waals surface area contributed by atoms with Gasteiger partial charge in [-0.1, -0.05) is 0 Å². The van der Waals surface area contributed by atoms with Gasteiger partial charge in [0, 0.05) is 5.56 Å². The number of nitrogens with zero attached hydrogens (tertiary/aromatic N) is 2. The van der Waals surface area contributed by atoms with Gasteiger partial charge in [0.25, 0.3) is 6.43 Å². The van der Waals surface area contributed by atoms with Gasteiger partial charge in [-0.15, -0.1) is 0 Å². The molecule has 2 rings (SSSR count). The number of hydrogen-bond donors (Lipinski definition) is 1. The number of nitrogens with two attached hydrogens (primary N) is 1. The topological polar surface area (TPSA) is 60.9 Å². The fraction of sp³-hybridized carbons (Fsp3) is 0.167. The molecule has 0 saturated heterocycles. The van der Waals surface area contributed by atoms with E-state index in [0.717, 1.165) is 0 Å². The number of carbonyl (C=O) groups is 1.